The lowest BCUT2D eigenvalue weighted by Gasteiger charge is -2.22. The molecule has 2 aliphatic heterocycles. The zero-order valence-corrected chi connectivity index (χ0v) is 25.3. The fourth-order valence-corrected chi connectivity index (χ4v) is 7.26. The van der Waals surface area contributed by atoms with Crippen molar-refractivity contribution < 1.29 is 29.0 Å². The number of hydrogen-bond acceptors (Lipinski definition) is 10. The van der Waals surface area contributed by atoms with Crippen molar-refractivity contribution in [3.05, 3.63) is 105 Å². The average molecular weight is 634 g/mol. The second-order valence-electron chi connectivity index (χ2n) is 9.97. The highest BCUT2D eigenvalue weighted by atomic mass is 35.5. The molecule has 0 aliphatic carbocycles. The van der Waals surface area contributed by atoms with Crippen molar-refractivity contribution in [3.8, 4) is 5.75 Å². The van der Waals surface area contributed by atoms with E-state index in [4.69, 9.17) is 21.1 Å². The number of ketones is 1. The number of aliphatic hydroxyl groups is 1. The van der Waals surface area contributed by atoms with Crippen LogP contribution in [-0.2, 0) is 26.5 Å². The number of fused-ring (bicyclic) bond motifs is 1. The first-order valence-electron chi connectivity index (χ1n) is 13.2. The Morgan fingerprint density at radius 2 is 1.86 bits per heavy atom. The summed E-state index contributed by atoms with van der Waals surface area (Å²) >= 11 is 8.85. The molecule has 0 radical (unpaired) electrons. The molecule has 218 valence electrons. The highest BCUT2D eigenvalue weighted by Gasteiger charge is 2.48. The molecule has 1 amide bonds. The maximum Gasteiger partial charge on any atom is 0.337 e. The number of thioether (sulfide) groups is 1. The third-order valence-corrected chi connectivity index (χ3v) is 9.65. The predicted molar refractivity (Wildman–Crippen MR) is 164 cm³/mol. The van der Waals surface area contributed by atoms with Crippen LogP contribution in [0.25, 0.3) is 5.76 Å². The number of carbonyl (C=O) groups excluding carboxylic acids is 3. The van der Waals surface area contributed by atoms with Crippen molar-refractivity contribution in [2.24, 2.45) is 0 Å². The number of rotatable bonds is 7. The number of esters is 1. The van der Waals surface area contributed by atoms with Crippen LogP contribution in [0.4, 0.5) is 5.13 Å². The number of carbonyl (C=O) groups is 3. The molecule has 43 heavy (non-hydrogen) atoms. The number of halogens is 1. The summed E-state index contributed by atoms with van der Waals surface area (Å²) in [6.45, 7) is 1.95. The number of methoxy groups -OCH3 is 1. The maximum atomic E-state index is 13.6. The van der Waals surface area contributed by atoms with Gasteiger partial charge in [-0.05, 0) is 60.0 Å². The van der Waals surface area contributed by atoms with Gasteiger partial charge in [-0.1, -0.05) is 65.0 Å². The lowest BCUT2D eigenvalue weighted by Crippen LogP contribution is -2.29. The molecule has 2 aliphatic rings. The van der Waals surface area contributed by atoms with Crippen LogP contribution in [-0.4, -0.2) is 46.2 Å². The van der Waals surface area contributed by atoms with Gasteiger partial charge in [0.25, 0.3) is 5.78 Å². The van der Waals surface area contributed by atoms with Crippen LogP contribution in [0.5, 0.6) is 5.75 Å². The SMILES string of the molecule is COC(=O)c1ccc([C@@H]2/C(=C(\O)c3ccc4c(c3)C[C@@H](C)O4)C(=O)C(=O)N2c2nnc(SCc3ccccc3Cl)s2)cc1. The van der Waals surface area contributed by atoms with Crippen LogP contribution in [0, 0.1) is 0 Å². The van der Waals surface area contributed by atoms with Gasteiger partial charge in [-0.3, -0.25) is 14.5 Å². The molecule has 4 aromatic rings. The van der Waals surface area contributed by atoms with E-state index in [1.54, 1.807) is 42.5 Å². The molecule has 0 saturated carbocycles. The summed E-state index contributed by atoms with van der Waals surface area (Å²) in [5.74, 6) is -1.30. The largest absolute Gasteiger partial charge is 0.507 e. The van der Waals surface area contributed by atoms with Crippen molar-refractivity contribution >= 4 is 63.3 Å². The summed E-state index contributed by atoms with van der Waals surface area (Å²) in [7, 11) is 1.28. The van der Waals surface area contributed by atoms with Crippen molar-refractivity contribution in [3.63, 3.8) is 0 Å². The van der Waals surface area contributed by atoms with E-state index in [2.05, 4.69) is 10.2 Å². The number of aliphatic hydroxyl groups excluding tert-OH is 1. The summed E-state index contributed by atoms with van der Waals surface area (Å²) in [5.41, 5.74) is 2.90. The lowest BCUT2D eigenvalue weighted by molar-refractivity contribution is -0.132. The minimum Gasteiger partial charge on any atom is -0.507 e. The van der Waals surface area contributed by atoms with Crippen LogP contribution in [0.15, 0.2) is 76.6 Å². The number of nitrogens with zero attached hydrogens (tertiary/aromatic N) is 3. The Morgan fingerprint density at radius 3 is 2.60 bits per heavy atom. The van der Waals surface area contributed by atoms with Crippen molar-refractivity contribution in [2.75, 3.05) is 12.0 Å². The number of ether oxygens (including phenoxy) is 2. The zero-order valence-electron chi connectivity index (χ0n) is 22.9. The second-order valence-corrected chi connectivity index (χ2v) is 12.6. The van der Waals surface area contributed by atoms with Gasteiger partial charge in [-0.15, -0.1) is 10.2 Å². The number of benzene rings is 3. The fraction of sp³-hybridized carbons (Fsp3) is 0.194. The van der Waals surface area contributed by atoms with Crippen LogP contribution in [0.1, 0.15) is 45.6 Å². The van der Waals surface area contributed by atoms with Gasteiger partial charge >= 0.3 is 11.9 Å². The van der Waals surface area contributed by atoms with E-state index in [0.717, 1.165) is 28.2 Å². The average Bonchev–Trinajstić information content (AvgIpc) is 3.70. The van der Waals surface area contributed by atoms with Gasteiger partial charge in [0.15, 0.2) is 4.34 Å². The number of Topliss-reactive ketones (excluding diaryl/α,β-unsaturated/α-hetero) is 1. The molecule has 3 aromatic carbocycles. The Hall–Kier alpha value is -4.19. The summed E-state index contributed by atoms with van der Waals surface area (Å²) in [5, 5.41) is 20.9. The van der Waals surface area contributed by atoms with Gasteiger partial charge in [0.05, 0.1) is 24.3 Å². The van der Waals surface area contributed by atoms with Gasteiger partial charge < -0.3 is 14.6 Å². The first-order chi connectivity index (χ1) is 20.7. The van der Waals surface area contributed by atoms with E-state index in [0.29, 0.717) is 38.2 Å². The monoisotopic (exact) mass is 633 g/mol. The second kappa shape index (κ2) is 11.8. The van der Waals surface area contributed by atoms with Gasteiger partial charge in [0, 0.05) is 22.8 Å². The molecule has 1 aromatic heterocycles. The van der Waals surface area contributed by atoms with Gasteiger partial charge in [0.2, 0.25) is 5.13 Å². The minimum atomic E-state index is -1.02. The van der Waals surface area contributed by atoms with Crippen LogP contribution < -0.4 is 9.64 Å². The Bertz CT molecular complexity index is 1790. The number of aromatic nitrogens is 2. The van der Waals surface area contributed by atoms with Crippen molar-refractivity contribution in [1.29, 1.82) is 0 Å². The summed E-state index contributed by atoms with van der Waals surface area (Å²) in [6, 6.07) is 18.0. The topological polar surface area (TPSA) is 119 Å². The number of hydrogen-bond donors (Lipinski definition) is 1. The normalized spacial score (nSPS) is 18.9. The van der Waals surface area contributed by atoms with E-state index in [-0.39, 0.29) is 22.6 Å². The summed E-state index contributed by atoms with van der Waals surface area (Å²) < 4.78 is 11.2. The molecule has 1 saturated heterocycles. The molecule has 2 atom stereocenters. The smallest absolute Gasteiger partial charge is 0.337 e. The number of anilines is 1. The molecular formula is C31H24ClN3O6S2. The van der Waals surface area contributed by atoms with Gasteiger partial charge in [-0.2, -0.15) is 0 Å². The third-order valence-electron chi connectivity index (χ3n) is 7.17. The molecule has 1 N–H and O–H groups in total. The molecule has 0 bridgehead atoms. The third kappa shape index (κ3) is 5.51. The van der Waals surface area contributed by atoms with Crippen molar-refractivity contribution in [1.82, 2.24) is 10.2 Å². The molecule has 12 heteroatoms. The van der Waals surface area contributed by atoms with E-state index in [1.807, 2.05) is 31.2 Å². The predicted octanol–water partition coefficient (Wildman–Crippen LogP) is 6.22. The van der Waals surface area contributed by atoms with Gasteiger partial charge in [-0.25, -0.2) is 4.79 Å². The quantitative estimate of drug-likeness (QED) is 0.0632. The first kappa shape index (κ1) is 28.9. The van der Waals surface area contributed by atoms with E-state index in [1.165, 1.54) is 23.8 Å². The van der Waals surface area contributed by atoms with E-state index < -0.39 is 23.7 Å². The minimum absolute atomic E-state index is 0.00585. The zero-order chi connectivity index (χ0) is 30.2. The van der Waals surface area contributed by atoms with Crippen LogP contribution >= 0.6 is 34.7 Å². The Labute approximate surface area is 260 Å². The Morgan fingerprint density at radius 1 is 1.12 bits per heavy atom. The van der Waals surface area contributed by atoms with Crippen molar-refractivity contribution in [2.45, 2.75) is 35.6 Å². The molecule has 6 rings (SSSR count). The van der Waals surface area contributed by atoms with Crippen LogP contribution in [0.2, 0.25) is 5.02 Å². The molecule has 3 heterocycles. The molecule has 9 nitrogen and oxygen atoms in total. The maximum absolute atomic E-state index is 13.6. The standard InChI is InChI=1S/C31H24ClN3O6S2/c1-16-13-21-14-19(11-12-23(21)41-16)26(36)24-25(17-7-9-18(10-8-17)29(39)40-2)35(28(38)27(24)37)30-33-34-31(43-30)42-15-20-5-3-4-6-22(20)32/h3-12,14,16,25,36H,13,15H2,1-2H3/b26-24+/t16-,25-/m1/s1. The lowest BCUT2D eigenvalue weighted by atomic mass is 9.94. The van der Waals surface area contributed by atoms with E-state index in [9.17, 15) is 19.5 Å². The molecular weight excluding hydrogens is 610 g/mol. The Balaban J connectivity index is 1.40. The Kier molecular flexibility index (Phi) is 7.95. The molecule has 1 fully saturated rings. The van der Waals surface area contributed by atoms with E-state index >= 15 is 0 Å². The highest BCUT2D eigenvalue weighted by Crippen LogP contribution is 2.45. The van der Waals surface area contributed by atoms with Gasteiger partial charge in [0.1, 0.15) is 17.6 Å². The summed E-state index contributed by atoms with van der Waals surface area (Å²) in [6.07, 6.45) is 0.650. The fourth-order valence-electron chi connectivity index (χ4n) is 5.10. The number of amides is 1. The summed E-state index contributed by atoms with van der Waals surface area (Å²) in [4.78, 5) is 40.5. The highest BCUT2D eigenvalue weighted by molar-refractivity contribution is 8.00. The first-order valence-corrected chi connectivity index (χ1v) is 15.4. The van der Waals surface area contributed by atoms with Crippen LogP contribution in [0.3, 0.4) is 0 Å². The molecule has 0 spiro atoms. The molecule has 0 unspecified atom stereocenters.